The summed E-state index contributed by atoms with van der Waals surface area (Å²) in [5.41, 5.74) is 2.16. The van der Waals surface area contributed by atoms with Crippen LogP contribution in [0.25, 0.3) is 11.1 Å². The Bertz CT molecular complexity index is 1020. The highest BCUT2D eigenvalue weighted by Gasteiger charge is 2.44. The fourth-order valence-corrected chi connectivity index (χ4v) is 5.13. The highest BCUT2D eigenvalue weighted by Crippen LogP contribution is 2.42. The van der Waals surface area contributed by atoms with Crippen LogP contribution in [0, 0.1) is 5.82 Å². The normalized spacial score (nSPS) is 20.9. The quantitative estimate of drug-likeness (QED) is 0.503. The van der Waals surface area contributed by atoms with Crippen LogP contribution in [-0.4, -0.2) is 28.7 Å². The van der Waals surface area contributed by atoms with Crippen LogP contribution >= 0.6 is 11.3 Å². The smallest absolute Gasteiger partial charge is 0.411 e. The molecule has 1 aliphatic rings. The van der Waals surface area contributed by atoms with Crippen LogP contribution in [0.4, 0.5) is 9.18 Å². The van der Waals surface area contributed by atoms with Crippen molar-refractivity contribution in [1.29, 1.82) is 0 Å². The molecule has 31 heavy (non-hydrogen) atoms. The molecule has 2 heterocycles. The van der Waals surface area contributed by atoms with Crippen molar-refractivity contribution in [2.45, 2.75) is 44.4 Å². The van der Waals surface area contributed by atoms with Gasteiger partial charge in [-0.3, -0.25) is 0 Å². The van der Waals surface area contributed by atoms with Crippen molar-refractivity contribution >= 4 is 17.4 Å². The molecular weight excluding hydrogens is 413 g/mol. The zero-order valence-electron chi connectivity index (χ0n) is 17.6. The van der Waals surface area contributed by atoms with Crippen LogP contribution in [0.5, 0.6) is 0 Å². The number of aliphatic hydroxyl groups excluding tert-OH is 1. The first-order valence-corrected chi connectivity index (χ1v) is 11.3. The summed E-state index contributed by atoms with van der Waals surface area (Å²) in [6.45, 7) is 4.26. The zero-order valence-corrected chi connectivity index (χ0v) is 18.4. The van der Waals surface area contributed by atoms with Gasteiger partial charge in [0.1, 0.15) is 5.82 Å². The van der Waals surface area contributed by atoms with Gasteiger partial charge >= 0.3 is 6.09 Å². The molecule has 4 rings (SSSR count). The van der Waals surface area contributed by atoms with Gasteiger partial charge in [-0.2, -0.15) is 0 Å². The third kappa shape index (κ3) is 4.50. The Morgan fingerprint density at radius 3 is 2.29 bits per heavy atom. The second-order valence-electron chi connectivity index (χ2n) is 8.14. The minimum Gasteiger partial charge on any atom is -0.437 e. The Morgan fingerprint density at radius 1 is 1.10 bits per heavy atom. The third-order valence-corrected chi connectivity index (χ3v) is 6.96. The second-order valence-corrected chi connectivity index (χ2v) is 9.09. The minimum absolute atomic E-state index is 0.150. The van der Waals surface area contributed by atoms with E-state index in [1.165, 1.54) is 12.1 Å². The largest absolute Gasteiger partial charge is 0.437 e. The number of aliphatic hydroxyl groups is 1. The number of carbonyl (C=O) groups excluding carboxylic acids is 1. The number of ether oxygens (including phenoxy) is 1. The van der Waals surface area contributed by atoms with Crippen LogP contribution < -0.4 is 0 Å². The summed E-state index contributed by atoms with van der Waals surface area (Å²) < 4.78 is 19.2. The van der Waals surface area contributed by atoms with Crippen molar-refractivity contribution in [2.24, 2.45) is 0 Å². The monoisotopic (exact) mass is 439 g/mol. The van der Waals surface area contributed by atoms with E-state index in [-0.39, 0.29) is 18.0 Å². The van der Waals surface area contributed by atoms with Gasteiger partial charge in [0.2, 0.25) is 0 Å². The summed E-state index contributed by atoms with van der Waals surface area (Å²) in [7, 11) is 0. The molecule has 1 N–H and O–H groups in total. The van der Waals surface area contributed by atoms with Gasteiger partial charge in [0.15, 0.2) is 5.60 Å². The lowest BCUT2D eigenvalue weighted by atomic mass is 9.89. The van der Waals surface area contributed by atoms with Gasteiger partial charge in [-0.25, -0.2) is 9.18 Å². The maximum atomic E-state index is 13.2. The van der Waals surface area contributed by atoms with Gasteiger partial charge in [0.25, 0.3) is 0 Å². The van der Waals surface area contributed by atoms with Crippen molar-refractivity contribution in [3.63, 3.8) is 0 Å². The van der Waals surface area contributed by atoms with E-state index in [0.29, 0.717) is 19.4 Å². The van der Waals surface area contributed by atoms with E-state index in [1.807, 2.05) is 48.7 Å². The van der Waals surface area contributed by atoms with Crippen molar-refractivity contribution in [3.8, 4) is 11.1 Å². The topological polar surface area (TPSA) is 49.8 Å². The van der Waals surface area contributed by atoms with Crippen molar-refractivity contribution in [3.05, 3.63) is 82.3 Å². The fourth-order valence-electron chi connectivity index (χ4n) is 4.23. The van der Waals surface area contributed by atoms with Crippen molar-refractivity contribution in [2.75, 3.05) is 6.54 Å². The Balaban J connectivity index is 1.50. The molecule has 162 valence electrons. The Kier molecular flexibility index (Phi) is 6.12. The molecule has 4 nitrogen and oxygen atoms in total. The molecule has 0 saturated carbocycles. The number of nitrogens with zero attached hydrogens (tertiary/aromatic N) is 1. The molecule has 0 unspecified atom stereocenters. The van der Waals surface area contributed by atoms with Gasteiger partial charge in [-0.05, 0) is 54.1 Å². The van der Waals surface area contributed by atoms with Crippen LogP contribution in [0.3, 0.4) is 0 Å². The second kappa shape index (κ2) is 8.81. The van der Waals surface area contributed by atoms with E-state index in [2.05, 4.69) is 0 Å². The predicted molar refractivity (Wildman–Crippen MR) is 120 cm³/mol. The van der Waals surface area contributed by atoms with Crippen LogP contribution in [0.15, 0.2) is 66.0 Å². The highest BCUT2D eigenvalue weighted by atomic mass is 32.1. The summed E-state index contributed by atoms with van der Waals surface area (Å²) in [5, 5.41) is 12.0. The first-order chi connectivity index (χ1) is 14.9. The number of cyclic esters (lactones) is 1. The van der Waals surface area contributed by atoms with Gasteiger partial charge < -0.3 is 14.7 Å². The molecule has 2 aromatic carbocycles. The van der Waals surface area contributed by atoms with Gasteiger partial charge in [0.05, 0.1) is 12.1 Å². The lowest BCUT2D eigenvalue weighted by Gasteiger charge is -2.43. The molecule has 3 aromatic rings. The van der Waals surface area contributed by atoms with Gasteiger partial charge in [0, 0.05) is 24.3 Å². The Labute approximate surface area is 185 Å². The number of halogens is 1. The summed E-state index contributed by atoms with van der Waals surface area (Å²) in [6, 6.07) is 18.1. The average molecular weight is 440 g/mol. The molecule has 0 radical (unpaired) electrons. The number of rotatable bonds is 6. The van der Waals surface area contributed by atoms with E-state index >= 15 is 0 Å². The molecule has 1 fully saturated rings. The molecule has 1 aromatic heterocycles. The Morgan fingerprint density at radius 2 is 1.74 bits per heavy atom. The van der Waals surface area contributed by atoms with E-state index < -0.39 is 11.7 Å². The minimum atomic E-state index is -0.776. The van der Waals surface area contributed by atoms with Crippen LogP contribution in [0.1, 0.15) is 43.2 Å². The predicted octanol–water partition coefficient (Wildman–Crippen LogP) is 6.12. The number of carbonyl (C=O) groups is 1. The summed E-state index contributed by atoms with van der Waals surface area (Å²) in [5.74, 6) is -0.258. The molecule has 3 atom stereocenters. The maximum Gasteiger partial charge on any atom is 0.411 e. The number of benzene rings is 2. The number of amides is 1. The molecule has 0 spiro atoms. The molecule has 1 saturated heterocycles. The van der Waals surface area contributed by atoms with Crippen LogP contribution in [-0.2, 0) is 10.3 Å². The molecule has 6 heteroatoms. The molecule has 1 amide bonds. The highest BCUT2D eigenvalue weighted by molar-refractivity contribution is 7.10. The number of thiophene rings is 1. The molecular formula is C25H26FNO3S. The van der Waals surface area contributed by atoms with E-state index in [1.54, 1.807) is 35.3 Å². The van der Waals surface area contributed by atoms with Crippen LogP contribution in [0.2, 0.25) is 0 Å². The first-order valence-electron chi connectivity index (χ1n) is 10.5. The fraction of sp³-hybridized carbons (Fsp3) is 0.320. The number of hydrogen-bond donors (Lipinski definition) is 1. The summed E-state index contributed by atoms with van der Waals surface area (Å²) >= 11 is 1.55. The van der Waals surface area contributed by atoms with Crippen molar-refractivity contribution in [1.82, 2.24) is 4.90 Å². The maximum absolute atomic E-state index is 13.2. The first kappa shape index (κ1) is 21.5. The average Bonchev–Trinajstić information content (AvgIpc) is 3.29. The van der Waals surface area contributed by atoms with Gasteiger partial charge in [-0.1, -0.05) is 42.5 Å². The van der Waals surface area contributed by atoms with E-state index in [4.69, 9.17) is 4.74 Å². The molecule has 0 bridgehead atoms. The summed E-state index contributed by atoms with van der Waals surface area (Å²) in [4.78, 5) is 15.7. The number of hydrogen-bond acceptors (Lipinski definition) is 4. The zero-order chi connectivity index (χ0) is 22.0. The molecule has 1 aliphatic heterocycles. The lowest BCUT2D eigenvalue weighted by Crippen LogP contribution is -2.49. The lowest BCUT2D eigenvalue weighted by molar-refractivity contribution is -0.0794. The molecule has 0 aliphatic carbocycles. The van der Waals surface area contributed by atoms with E-state index in [0.717, 1.165) is 21.6 Å². The summed E-state index contributed by atoms with van der Waals surface area (Å²) in [6.07, 6.45) is 0.0732. The van der Waals surface area contributed by atoms with E-state index in [9.17, 15) is 14.3 Å². The Hall–Kier alpha value is -2.70. The third-order valence-electron chi connectivity index (χ3n) is 5.91. The standard InChI is InChI=1S/C25H26FNO3S/c1-17(28)16-25(23-4-3-15-31-23)13-14-27(24(29)30-25)18(2)19-5-7-20(8-6-19)21-9-11-22(26)12-10-21/h3-12,15,17-18,28H,13-14,16H2,1-2H3/t17-,18+,25+/m0/s1. The van der Waals surface area contributed by atoms with Gasteiger partial charge in [-0.15, -0.1) is 11.3 Å². The van der Waals surface area contributed by atoms with Crippen molar-refractivity contribution < 1.29 is 19.0 Å². The SMILES string of the molecule is C[C@H](O)C[C@@]1(c2cccs2)CCN([C@H](C)c2ccc(-c3ccc(F)cc3)cc2)C(=O)O1.